The van der Waals surface area contributed by atoms with Crippen molar-refractivity contribution in [2.75, 3.05) is 20.5 Å². The van der Waals surface area contributed by atoms with Gasteiger partial charge < -0.3 is 47.0 Å². The quantitative estimate of drug-likeness (QED) is 0.0395. The maximum absolute atomic E-state index is 6.32. The summed E-state index contributed by atoms with van der Waals surface area (Å²) in [6.07, 6.45) is 12.4. The summed E-state index contributed by atoms with van der Waals surface area (Å²) < 4.78 is 51.3. The molecule has 4 aliphatic rings. The second-order valence-electron chi connectivity index (χ2n) is 28.3. The van der Waals surface area contributed by atoms with Gasteiger partial charge in [-0.25, -0.2) is 0 Å². The van der Waals surface area contributed by atoms with Crippen LogP contribution in [-0.4, -0.2) is 83.7 Å². The minimum Gasteiger partial charge on any atom is -0.405 e. The first-order valence-electron chi connectivity index (χ1n) is 32.3. The molecule has 0 aliphatic carbocycles. The summed E-state index contributed by atoms with van der Waals surface area (Å²) >= 11 is 14.1. The molecule has 0 spiro atoms. The lowest BCUT2D eigenvalue weighted by atomic mass is 9.49. The SMILES string of the molecule is BrCCCCCCc1ccc(N(c2ccc(Br)cc2)c2ccc(Br)cc2)cc1.CC1(C)OB(B2OC(C)(C)C(C)(C)O2)OC1(C)C.CC1(C)OB(c2ccc(N(c3ccc(CCCCCCBr)cc3)c3ccc(B4OC(C)(C)C(C)(C)O4)cc3)cc2)OC1(C)C. The Kier molecular flexibility index (Phi) is 24.4. The summed E-state index contributed by atoms with van der Waals surface area (Å²) in [5.74, 6) is 0. The van der Waals surface area contributed by atoms with E-state index in [1.54, 1.807) is 0 Å². The number of anilines is 6. The van der Waals surface area contributed by atoms with Crippen molar-refractivity contribution < 1.29 is 37.2 Å². The van der Waals surface area contributed by atoms with Crippen LogP contribution in [0.3, 0.4) is 0 Å². The molecule has 4 fully saturated rings. The molecule has 6 aromatic carbocycles. The second kappa shape index (κ2) is 30.2. The predicted molar refractivity (Wildman–Crippen MR) is 393 cm³/mol. The third kappa shape index (κ3) is 17.8. The Labute approximate surface area is 575 Å². The monoisotopic (exact) mass is 1480 g/mol. The first kappa shape index (κ1) is 72.6. The van der Waals surface area contributed by atoms with E-state index in [0.29, 0.717) is 0 Å². The number of hydrogen-bond donors (Lipinski definition) is 0. The van der Waals surface area contributed by atoms with Crippen LogP contribution in [0.1, 0.15) is 173 Å². The second-order valence-corrected chi connectivity index (χ2v) is 31.7. The van der Waals surface area contributed by atoms with E-state index in [1.165, 1.54) is 68.2 Å². The highest BCUT2D eigenvalue weighted by molar-refractivity contribution is 9.11. The molecule has 0 N–H and O–H groups in total. The lowest BCUT2D eigenvalue weighted by Gasteiger charge is -2.32. The van der Waals surface area contributed by atoms with Crippen molar-refractivity contribution in [3.05, 3.63) is 166 Å². The van der Waals surface area contributed by atoms with Crippen LogP contribution in [0.5, 0.6) is 0 Å². The number of nitrogens with zero attached hydrogens (tertiary/aromatic N) is 2. The maximum atomic E-state index is 6.32. The molecule has 0 aromatic heterocycles. The molecule has 0 bridgehead atoms. The molecule has 4 aliphatic heterocycles. The fraction of sp³-hybridized carbons (Fsp3) is 0.500. The van der Waals surface area contributed by atoms with Gasteiger partial charge in [-0.2, -0.15) is 0 Å². The Morgan fingerprint density at radius 1 is 0.278 bits per heavy atom. The Morgan fingerprint density at radius 3 is 0.733 bits per heavy atom. The summed E-state index contributed by atoms with van der Waals surface area (Å²) in [5, 5.41) is 2.20. The van der Waals surface area contributed by atoms with Crippen molar-refractivity contribution in [1.29, 1.82) is 0 Å². The van der Waals surface area contributed by atoms with Gasteiger partial charge in [0.15, 0.2) is 0 Å². The van der Waals surface area contributed by atoms with E-state index >= 15 is 0 Å². The molecule has 0 radical (unpaired) electrons. The molecule has 10 nitrogen and oxygen atoms in total. The van der Waals surface area contributed by atoms with Crippen molar-refractivity contribution in [2.45, 2.75) is 220 Å². The predicted octanol–water partition coefficient (Wildman–Crippen LogP) is 19.7. The molecule has 0 unspecified atom stereocenters. The number of aryl methyl sites for hydroxylation is 2. The van der Waals surface area contributed by atoms with Crippen molar-refractivity contribution in [1.82, 2.24) is 0 Å². The molecule has 6 aromatic rings. The standard InChI is InChI=1S/C36H48B2BrNO4.C24H24Br3N.C12H24B2O4/c1-33(2)34(3,4)42-37(41-33)28-16-22-31(23-17-28)40(30-20-14-27(15-21-30)13-11-9-10-12-26-39)32-24-18-29(19-25-32)38-43-35(5,6)36(7,8)44-38;25-18-4-2-1-3-5-19-6-12-22(13-7-19)28(23-14-8-20(26)9-15-23)24-16-10-21(27)11-17-24;1-9(2)10(3,4)16-13(15-9)14-17-11(5,6)12(7,8)18-14/h14-25H,9-13,26H2,1-8H3;6-17H,1-5,18H2;1-8H3. The summed E-state index contributed by atoms with van der Waals surface area (Å²) in [6, 6.07) is 52.0. The Balaban J connectivity index is 0.000000193. The highest BCUT2D eigenvalue weighted by Gasteiger charge is 2.64. The molecule has 10 rings (SSSR count). The molecule has 482 valence electrons. The van der Waals surface area contributed by atoms with E-state index < -0.39 is 28.3 Å². The highest BCUT2D eigenvalue weighted by Crippen LogP contribution is 2.44. The molecular weight excluding hydrogens is 1380 g/mol. The third-order valence-corrected chi connectivity index (χ3v) is 21.6. The van der Waals surface area contributed by atoms with Gasteiger partial charge in [-0.15, -0.1) is 0 Å². The van der Waals surface area contributed by atoms with Crippen LogP contribution in [0.4, 0.5) is 34.1 Å². The number of benzene rings is 6. The van der Waals surface area contributed by atoms with E-state index in [-0.39, 0.29) is 44.8 Å². The lowest BCUT2D eigenvalue weighted by Crippen LogP contribution is -2.41. The zero-order valence-corrected chi connectivity index (χ0v) is 62.7. The van der Waals surface area contributed by atoms with E-state index in [2.05, 4.69) is 275 Å². The number of halogens is 4. The highest BCUT2D eigenvalue weighted by atomic mass is 79.9. The largest absolute Gasteiger partial charge is 0.494 e. The van der Waals surface area contributed by atoms with Gasteiger partial charge in [-0.3, -0.25) is 0 Å². The smallest absolute Gasteiger partial charge is 0.405 e. The minimum absolute atomic E-state index is 0.360. The molecular formula is C72H96B4Br4N2O8. The van der Waals surface area contributed by atoms with Crippen LogP contribution >= 0.6 is 63.7 Å². The molecule has 18 heteroatoms. The number of unbranched alkanes of at least 4 members (excludes halogenated alkanes) is 6. The Morgan fingerprint density at radius 2 is 0.489 bits per heavy atom. The lowest BCUT2D eigenvalue weighted by molar-refractivity contribution is 0.00578. The molecule has 0 atom stereocenters. The minimum atomic E-state index is -0.476. The number of rotatable bonds is 21. The summed E-state index contributed by atoms with van der Waals surface area (Å²) in [6.45, 7) is 32.9. The first-order chi connectivity index (χ1) is 42.3. The average molecular weight is 1480 g/mol. The normalized spacial score (nSPS) is 19.5. The summed E-state index contributed by atoms with van der Waals surface area (Å²) in [4.78, 5) is 4.58. The van der Waals surface area contributed by atoms with Gasteiger partial charge in [-0.1, -0.05) is 138 Å². The van der Waals surface area contributed by atoms with E-state index in [4.69, 9.17) is 37.2 Å². The molecule has 4 heterocycles. The topological polar surface area (TPSA) is 80.3 Å². The summed E-state index contributed by atoms with van der Waals surface area (Å²) in [5.41, 5.74) is 8.57. The van der Waals surface area contributed by atoms with Gasteiger partial charge in [0.25, 0.3) is 0 Å². The zero-order chi connectivity index (χ0) is 65.5. The molecule has 0 saturated carbocycles. The fourth-order valence-electron chi connectivity index (χ4n) is 10.8. The van der Waals surface area contributed by atoms with Crippen LogP contribution in [0, 0.1) is 0 Å². The van der Waals surface area contributed by atoms with Gasteiger partial charge in [0.1, 0.15) is 0 Å². The van der Waals surface area contributed by atoms with Crippen molar-refractivity contribution in [3.8, 4) is 0 Å². The third-order valence-electron chi connectivity index (χ3n) is 19.4. The Hall–Kier alpha value is -3.22. The molecule has 0 amide bonds. The van der Waals surface area contributed by atoms with Crippen molar-refractivity contribution >= 4 is 137 Å². The zero-order valence-electron chi connectivity index (χ0n) is 56.3. The van der Waals surface area contributed by atoms with Gasteiger partial charge >= 0.3 is 28.3 Å². The van der Waals surface area contributed by atoms with Gasteiger partial charge in [0, 0.05) is 53.7 Å². The van der Waals surface area contributed by atoms with Crippen molar-refractivity contribution in [3.63, 3.8) is 0 Å². The van der Waals surface area contributed by atoms with Crippen molar-refractivity contribution in [2.24, 2.45) is 0 Å². The number of hydrogen-bond acceptors (Lipinski definition) is 10. The van der Waals surface area contributed by atoms with Crippen LogP contribution < -0.4 is 20.7 Å². The van der Waals surface area contributed by atoms with Crippen LogP contribution in [-0.2, 0) is 50.1 Å². The number of alkyl halides is 2. The van der Waals surface area contributed by atoms with Gasteiger partial charge in [0.2, 0.25) is 0 Å². The van der Waals surface area contributed by atoms with Crippen LogP contribution in [0.25, 0.3) is 0 Å². The van der Waals surface area contributed by atoms with Gasteiger partial charge in [-0.05, 0) is 268 Å². The Bertz CT molecular complexity index is 3000. The van der Waals surface area contributed by atoms with E-state index in [0.717, 1.165) is 71.8 Å². The average Bonchev–Trinajstić information content (AvgIpc) is 1.66. The maximum Gasteiger partial charge on any atom is 0.494 e. The summed E-state index contributed by atoms with van der Waals surface area (Å²) in [7, 11) is -1.74. The van der Waals surface area contributed by atoms with E-state index in [1.807, 2.05) is 55.4 Å². The molecule has 90 heavy (non-hydrogen) atoms. The molecule has 4 saturated heterocycles. The van der Waals surface area contributed by atoms with Crippen LogP contribution in [0.15, 0.2) is 155 Å². The fourth-order valence-corrected chi connectivity index (χ4v) is 12.1. The first-order valence-corrected chi connectivity index (χ1v) is 36.1. The van der Waals surface area contributed by atoms with Crippen LogP contribution in [0.2, 0.25) is 0 Å². The van der Waals surface area contributed by atoms with Gasteiger partial charge in [0.05, 0.1) is 44.8 Å². The van der Waals surface area contributed by atoms with E-state index in [9.17, 15) is 0 Å².